The summed E-state index contributed by atoms with van der Waals surface area (Å²) < 4.78 is 1.15. The first-order valence-corrected chi connectivity index (χ1v) is 5.52. The van der Waals surface area contributed by atoms with Crippen molar-refractivity contribution in [3.05, 3.63) is 33.8 Å². The van der Waals surface area contributed by atoms with Gasteiger partial charge in [-0.25, -0.2) is 0 Å². The highest BCUT2D eigenvalue weighted by atomic mass is 79.9. The van der Waals surface area contributed by atoms with Crippen LogP contribution in [0.2, 0.25) is 0 Å². The van der Waals surface area contributed by atoms with Gasteiger partial charge in [-0.05, 0) is 25.0 Å². The number of aliphatic hydroxyl groups excluding tert-OH is 1. The molecule has 0 radical (unpaired) electrons. The Morgan fingerprint density at radius 2 is 2.21 bits per heavy atom. The lowest BCUT2D eigenvalue weighted by atomic mass is 10.1. The number of aryl methyl sites for hydroxylation is 1. The summed E-state index contributed by atoms with van der Waals surface area (Å²) in [6.07, 6.45) is 0. The number of hydrogen-bond acceptors (Lipinski definition) is 2. The van der Waals surface area contributed by atoms with Crippen molar-refractivity contribution in [2.45, 2.75) is 26.4 Å². The van der Waals surface area contributed by atoms with Gasteiger partial charge in [-0.2, -0.15) is 0 Å². The van der Waals surface area contributed by atoms with Crippen LogP contribution in [0.15, 0.2) is 22.7 Å². The van der Waals surface area contributed by atoms with Crippen molar-refractivity contribution in [3.8, 4) is 0 Å². The second kappa shape index (κ2) is 5.49. The van der Waals surface area contributed by atoms with E-state index in [0.29, 0.717) is 0 Å². The second-order valence-electron chi connectivity index (χ2n) is 3.51. The SMILES string of the molecule is Cc1cccc(CNC(C)CO)c1Br. The summed E-state index contributed by atoms with van der Waals surface area (Å²) in [7, 11) is 0. The molecule has 0 saturated heterocycles. The van der Waals surface area contributed by atoms with Crippen LogP contribution in [-0.2, 0) is 6.54 Å². The first kappa shape index (κ1) is 11.7. The minimum atomic E-state index is 0.141. The molecule has 2 N–H and O–H groups in total. The van der Waals surface area contributed by atoms with Crippen molar-refractivity contribution >= 4 is 15.9 Å². The fourth-order valence-electron chi connectivity index (χ4n) is 1.19. The van der Waals surface area contributed by atoms with Crippen LogP contribution in [0.1, 0.15) is 18.1 Å². The number of nitrogens with one attached hydrogen (secondary N) is 1. The topological polar surface area (TPSA) is 32.3 Å². The molecule has 0 aliphatic heterocycles. The van der Waals surface area contributed by atoms with E-state index in [0.717, 1.165) is 11.0 Å². The van der Waals surface area contributed by atoms with Gasteiger partial charge in [0.1, 0.15) is 0 Å². The molecule has 78 valence electrons. The summed E-state index contributed by atoms with van der Waals surface area (Å²) in [4.78, 5) is 0. The van der Waals surface area contributed by atoms with Crippen molar-refractivity contribution in [1.82, 2.24) is 5.32 Å². The summed E-state index contributed by atoms with van der Waals surface area (Å²) in [5, 5.41) is 12.1. The molecule has 0 amide bonds. The van der Waals surface area contributed by atoms with E-state index in [1.807, 2.05) is 13.0 Å². The fraction of sp³-hybridized carbons (Fsp3) is 0.455. The van der Waals surface area contributed by atoms with Crippen LogP contribution in [-0.4, -0.2) is 17.8 Å². The van der Waals surface area contributed by atoms with E-state index in [2.05, 4.69) is 40.3 Å². The third-order valence-electron chi connectivity index (χ3n) is 2.19. The van der Waals surface area contributed by atoms with Crippen molar-refractivity contribution in [3.63, 3.8) is 0 Å². The molecule has 14 heavy (non-hydrogen) atoms. The quantitative estimate of drug-likeness (QED) is 0.868. The highest BCUT2D eigenvalue weighted by molar-refractivity contribution is 9.10. The molecule has 1 atom stereocenters. The zero-order valence-electron chi connectivity index (χ0n) is 8.55. The number of hydrogen-bond donors (Lipinski definition) is 2. The fourth-order valence-corrected chi connectivity index (χ4v) is 1.60. The van der Waals surface area contributed by atoms with E-state index in [1.54, 1.807) is 0 Å². The number of aliphatic hydroxyl groups is 1. The van der Waals surface area contributed by atoms with Gasteiger partial charge in [0.2, 0.25) is 0 Å². The molecule has 1 aromatic carbocycles. The molecular formula is C11H16BrNO. The summed E-state index contributed by atoms with van der Waals surface area (Å²) in [5.41, 5.74) is 2.46. The highest BCUT2D eigenvalue weighted by Gasteiger charge is 2.03. The van der Waals surface area contributed by atoms with Gasteiger partial charge in [-0.15, -0.1) is 0 Å². The second-order valence-corrected chi connectivity index (χ2v) is 4.31. The number of benzene rings is 1. The Labute approximate surface area is 93.5 Å². The predicted octanol–water partition coefficient (Wildman–Crippen LogP) is 2.23. The largest absolute Gasteiger partial charge is 0.395 e. The average molecular weight is 258 g/mol. The van der Waals surface area contributed by atoms with E-state index < -0.39 is 0 Å². The van der Waals surface area contributed by atoms with E-state index in [1.165, 1.54) is 11.1 Å². The van der Waals surface area contributed by atoms with Crippen LogP contribution in [0.25, 0.3) is 0 Å². The van der Waals surface area contributed by atoms with Gasteiger partial charge >= 0.3 is 0 Å². The van der Waals surface area contributed by atoms with Gasteiger partial charge in [-0.1, -0.05) is 34.1 Å². The standard InChI is InChI=1S/C11H16BrNO/c1-8-4-3-5-10(11(8)12)6-13-9(2)7-14/h3-5,9,13-14H,6-7H2,1-2H3. The smallest absolute Gasteiger partial charge is 0.0582 e. The number of halogens is 1. The predicted molar refractivity (Wildman–Crippen MR) is 62.3 cm³/mol. The third kappa shape index (κ3) is 3.08. The first-order chi connectivity index (χ1) is 6.65. The van der Waals surface area contributed by atoms with Crippen LogP contribution >= 0.6 is 15.9 Å². The lowest BCUT2D eigenvalue weighted by molar-refractivity contribution is 0.251. The van der Waals surface area contributed by atoms with Crippen LogP contribution in [0.4, 0.5) is 0 Å². The Morgan fingerprint density at radius 1 is 1.50 bits per heavy atom. The average Bonchev–Trinajstić information content (AvgIpc) is 2.20. The molecule has 0 heterocycles. The molecular weight excluding hydrogens is 242 g/mol. The summed E-state index contributed by atoms with van der Waals surface area (Å²) in [6, 6.07) is 6.33. The molecule has 1 rings (SSSR count). The zero-order valence-corrected chi connectivity index (χ0v) is 10.1. The Hall–Kier alpha value is -0.380. The third-order valence-corrected chi connectivity index (χ3v) is 3.32. The van der Waals surface area contributed by atoms with Gasteiger partial charge < -0.3 is 10.4 Å². The van der Waals surface area contributed by atoms with Gasteiger partial charge in [0, 0.05) is 17.1 Å². The lowest BCUT2D eigenvalue weighted by Crippen LogP contribution is -2.28. The van der Waals surface area contributed by atoms with Crippen molar-refractivity contribution in [2.24, 2.45) is 0 Å². The molecule has 0 aliphatic carbocycles. The normalized spacial score (nSPS) is 12.9. The maximum atomic E-state index is 8.86. The Kier molecular flexibility index (Phi) is 4.58. The Bertz CT molecular complexity index is 301. The van der Waals surface area contributed by atoms with E-state index in [-0.39, 0.29) is 12.6 Å². The van der Waals surface area contributed by atoms with Gasteiger partial charge in [-0.3, -0.25) is 0 Å². The van der Waals surface area contributed by atoms with E-state index in [9.17, 15) is 0 Å². The van der Waals surface area contributed by atoms with Gasteiger partial charge in [0.25, 0.3) is 0 Å². The minimum absolute atomic E-state index is 0.141. The molecule has 3 heteroatoms. The van der Waals surface area contributed by atoms with E-state index >= 15 is 0 Å². The Balaban J connectivity index is 2.63. The van der Waals surface area contributed by atoms with Crippen molar-refractivity contribution < 1.29 is 5.11 Å². The minimum Gasteiger partial charge on any atom is -0.395 e. The zero-order chi connectivity index (χ0) is 10.6. The van der Waals surface area contributed by atoms with Crippen LogP contribution in [0.5, 0.6) is 0 Å². The molecule has 1 unspecified atom stereocenters. The summed E-state index contributed by atoms with van der Waals surface area (Å²) >= 11 is 3.55. The Morgan fingerprint density at radius 3 is 2.86 bits per heavy atom. The maximum Gasteiger partial charge on any atom is 0.0582 e. The van der Waals surface area contributed by atoms with Crippen molar-refractivity contribution in [1.29, 1.82) is 0 Å². The van der Waals surface area contributed by atoms with Crippen LogP contribution in [0, 0.1) is 6.92 Å². The summed E-state index contributed by atoms with van der Waals surface area (Å²) in [6.45, 7) is 4.99. The highest BCUT2D eigenvalue weighted by Crippen LogP contribution is 2.20. The number of rotatable bonds is 4. The first-order valence-electron chi connectivity index (χ1n) is 4.73. The molecule has 2 nitrogen and oxygen atoms in total. The van der Waals surface area contributed by atoms with Crippen LogP contribution in [0.3, 0.4) is 0 Å². The van der Waals surface area contributed by atoms with E-state index in [4.69, 9.17) is 5.11 Å². The van der Waals surface area contributed by atoms with Crippen LogP contribution < -0.4 is 5.32 Å². The molecule has 1 aromatic rings. The van der Waals surface area contributed by atoms with Gasteiger partial charge in [0.05, 0.1) is 6.61 Å². The molecule has 0 aliphatic rings. The molecule has 0 bridgehead atoms. The lowest BCUT2D eigenvalue weighted by Gasteiger charge is -2.12. The molecule has 0 fully saturated rings. The monoisotopic (exact) mass is 257 g/mol. The summed E-state index contributed by atoms with van der Waals surface area (Å²) in [5.74, 6) is 0. The molecule has 0 spiro atoms. The van der Waals surface area contributed by atoms with Crippen molar-refractivity contribution in [2.75, 3.05) is 6.61 Å². The van der Waals surface area contributed by atoms with Gasteiger partial charge in [0.15, 0.2) is 0 Å². The molecule has 0 saturated carbocycles. The maximum absolute atomic E-state index is 8.86. The molecule has 0 aromatic heterocycles.